The standard InChI is InChI=1S/C12H24O4Si/c1-5-10-17(14-4,16-7-3)11-8-9-15-12(13)6-2/h6H,2,5,7-11H2,1,3-4H3. The van der Waals surface area contributed by atoms with Crippen molar-refractivity contribution < 1.29 is 18.4 Å². The van der Waals surface area contributed by atoms with Gasteiger partial charge in [0.25, 0.3) is 0 Å². The van der Waals surface area contributed by atoms with Gasteiger partial charge >= 0.3 is 14.5 Å². The number of hydrogen-bond acceptors (Lipinski definition) is 4. The molecule has 0 aromatic rings. The minimum Gasteiger partial charge on any atom is -0.463 e. The van der Waals surface area contributed by atoms with E-state index in [9.17, 15) is 4.79 Å². The number of ether oxygens (including phenoxy) is 1. The molecule has 100 valence electrons. The van der Waals surface area contributed by atoms with Gasteiger partial charge in [0, 0.05) is 19.8 Å². The normalized spacial score (nSPS) is 14.1. The van der Waals surface area contributed by atoms with Crippen molar-refractivity contribution >= 4 is 14.5 Å². The Balaban J connectivity index is 4.06. The molecule has 0 rings (SSSR count). The van der Waals surface area contributed by atoms with Gasteiger partial charge in [-0.1, -0.05) is 19.9 Å². The SMILES string of the molecule is C=CC(=O)OCCC[Si](CCC)(OC)OCC. The van der Waals surface area contributed by atoms with Crippen LogP contribution in [0.1, 0.15) is 26.7 Å². The third-order valence-corrected chi connectivity index (χ3v) is 6.46. The van der Waals surface area contributed by atoms with Crippen LogP contribution in [0.2, 0.25) is 12.1 Å². The Bertz CT molecular complexity index is 225. The number of carbonyl (C=O) groups excluding carboxylic acids is 1. The second-order valence-corrected chi connectivity index (χ2v) is 7.29. The monoisotopic (exact) mass is 260 g/mol. The van der Waals surface area contributed by atoms with Crippen LogP contribution >= 0.6 is 0 Å². The largest absolute Gasteiger partial charge is 0.463 e. The Morgan fingerprint density at radius 3 is 2.53 bits per heavy atom. The highest BCUT2D eigenvalue weighted by Gasteiger charge is 2.34. The van der Waals surface area contributed by atoms with Crippen molar-refractivity contribution in [1.82, 2.24) is 0 Å². The highest BCUT2D eigenvalue weighted by Crippen LogP contribution is 2.22. The Morgan fingerprint density at radius 2 is 2.06 bits per heavy atom. The zero-order valence-corrected chi connectivity index (χ0v) is 12.2. The summed E-state index contributed by atoms with van der Waals surface area (Å²) < 4.78 is 16.4. The summed E-state index contributed by atoms with van der Waals surface area (Å²) in [5.74, 6) is -0.374. The predicted molar refractivity (Wildman–Crippen MR) is 70.1 cm³/mol. The fraction of sp³-hybridized carbons (Fsp3) is 0.750. The molecule has 0 saturated heterocycles. The smallest absolute Gasteiger partial charge is 0.337 e. The van der Waals surface area contributed by atoms with E-state index in [1.807, 2.05) is 6.92 Å². The van der Waals surface area contributed by atoms with Gasteiger partial charge in [0.05, 0.1) is 6.61 Å². The van der Waals surface area contributed by atoms with E-state index in [0.717, 1.165) is 24.9 Å². The number of esters is 1. The first-order valence-electron chi connectivity index (χ1n) is 6.12. The lowest BCUT2D eigenvalue weighted by molar-refractivity contribution is -0.137. The van der Waals surface area contributed by atoms with Crippen LogP contribution in [0.4, 0.5) is 0 Å². The van der Waals surface area contributed by atoms with Crippen LogP contribution in [0.25, 0.3) is 0 Å². The van der Waals surface area contributed by atoms with Gasteiger partial charge in [-0.3, -0.25) is 0 Å². The van der Waals surface area contributed by atoms with E-state index in [-0.39, 0.29) is 5.97 Å². The minimum atomic E-state index is -2.07. The molecule has 0 aliphatic heterocycles. The van der Waals surface area contributed by atoms with Crippen LogP contribution in [-0.2, 0) is 18.4 Å². The fourth-order valence-electron chi connectivity index (χ4n) is 1.75. The second-order valence-electron chi connectivity index (χ2n) is 3.77. The first-order chi connectivity index (χ1) is 8.14. The quantitative estimate of drug-likeness (QED) is 0.262. The average molecular weight is 260 g/mol. The Morgan fingerprint density at radius 1 is 1.35 bits per heavy atom. The van der Waals surface area contributed by atoms with E-state index < -0.39 is 8.56 Å². The molecular formula is C12H24O4Si. The molecule has 0 amide bonds. The lowest BCUT2D eigenvalue weighted by atomic mass is 10.5. The summed E-state index contributed by atoms with van der Waals surface area (Å²) in [4.78, 5) is 10.9. The molecule has 0 radical (unpaired) electrons. The molecule has 0 aliphatic rings. The number of rotatable bonds is 10. The van der Waals surface area contributed by atoms with Crippen LogP contribution in [0.3, 0.4) is 0 Å². The summed E-state index contributed by atoms with van der Waals surface area (Å²) >= 11 is 0. The van der Waals surface area contributed by atoms with Crippen molar-refractivity contribution in [1.29, 1.82) is 0 Å². The molecule has 0 saturated carbocycles. The minimum absolute atomic E-state index is 0.374. The molecule has 0 aromatic carbocycles. The Kier molecular flexibility index (Phi) is 9.02. The van der Waals surface area contributed by atoms with Gasteiger partial charge in [-0.25, -0.2) is 4.79 Å². The molecule has 0 N–H and O–H groups in total. The predicted octanol–water partition coefficient (Wildman–Crippen LogP) is 2.64. The van der Waals surface area contributed by atoms with Crippen molar-refractivity contribution in [2.75, 3.05) is 20.3 Å². The van der Waals surface area contributed by atoms with Crippen molar-refractivity contribution in [3.05, 3.63) is 12.7 Å². The maximum absolute atomic E-state index is 10.9. The fourth-order valence-corrected chi connectivity index (χ4v) is 4.79. The topological polar surface area (TPSA) is 44.8 Å². The first kappa shape index (κ1) is 16.3. The summed E-state index contributed by atoms with van der Waals surface area (Å²) in [6, 6.07) is 1.84. The van der Waals surface area contributed by atoms with E-state index in [1.165, 1.54) is 6.08 Å². The lowest BCUT2D eigenvalue weighted by Crippen LogP contribution is -2.41. The third-order valence-electron chi connectivity index (χ3n) is 2.52. The summed E-state index contributed by atoms with van der Waals surface area (Å²) in [5.41, 5.74) is 0. The Hall–Kier alpha value is -0.653. The van der Waals surface area contributed by atoms with E-state index in [2.05, 4.69) is 13.5 Å². The van der Waals surface area contributed by atoms with Crippen molar-refractivity contribution in [2.45, 2.75) is 38.8 Å². The van der Waals surface area contributed by atoms with E-state index in [1.54, 1.807) is 7.11 Å². The Labute approximate surface area is 105 Å². The average Bonchev–Trinajstić information content (AvgIpc) is 2.34. The highest BCUT2D eigenvalue weighted by molar-refractivity contribution is 6.67. The summed E-state index contributed by atoms with van der Waals surface area (Å²) in [6.07, 6.45) is 3.00. The van der Waals surface area contributed by atoms with Crippen LogP contribution in [0.15, 0.2) is 12.7 Å². The van der Waals surface area contributed by atoms with Crippen LogP contribution in [-0.4, -0.2) is 34.9 Å². The molecule has 0 bridgehead atoms. The zero-order valence-electron chi connectivity index (χ0n) is 11.2. The first-order valence-corrected chi connectivity index (χ1v) is 8.35. The van der Waals surface area contributed by atoms with Gasteiger partial charge in [0.1, 0.15) is 0 Å². The molecule has 1 unspecified atom stereocenters. The third kappa shape index (κ3) is 6.60. The molecule has 0 spiro atoms. The molecule has 1 atom stereocenters. The zero-order chi connectivity index (χ0) is 13.1. The van der Waals surface area contributed by atoms with Gasteiger partial charge in [0.15, 0.2) is 0 Å². The number of carbonyl (C=O) groups is 1. The summed E-state index contributed by atoms with van der Waals surface area (Å²) in [5, 5.41) is 0. The van der Waals surface area contributed by atoms with Gasteiger partial charge in [0.2, 0.25) is 0 Å². The lowest BCUT2D eigenvalue weighted by Gasteiger charge is -2.28. The van der Waals surface area contributed by atoms with E-state index in [0.29, 0.717) is 13.2 Å². The van der Waals surface area contributed by atoms with Crippen molar-refractivity contribution in [3.63, 3.8) is 0 Å². The molecule has 0 aliphatic carbocycles. The second kappa shape index (κ2) is 9.38. The van der Waals surface area contributed by atoms with Gasteiger partial charge in [-0.15, -0.1) is 0 Å². The van der Waals surface area contributed by atoms with Gasteiger partial charge in [-0.2, -0.15) is 0 Å². The molecule has 0 heterocycles. The molecule has 17 heavy (non-hydrogen) atoms. The van der Waals surface area contributed by atoms with Crippen LogP contribution < -0.4 is 0 Å². The molecule has 0 aromatic heterocycles. The van der Waals surface area contributed by atoms with Gasteiger partial charge in [-0.05, 0) is 25.4 Å². The maximum atomic E-state index is 10.9. The highest BCUT2D eigenvalue weighted by atomic mass is 28.4. The summed E-state index contributed by atoms with van der Waals surface area (Å²) in [6.45, 7) is 8.53. The molecule has 0 fully saturated rings. The number of hydrogen-bond donors (Lipinski definition) is 0. The van der Waals surface area contributed by atoms with Crippen molar-refractivity contribution in [3.8, 4) is 0 Å². The molecule has 5 heteroatoms. The molecule has 4 nitrogen and oxygen atoms in total. The van der Waals surface area contributed by atoms with Crippen molar-refractivity contribution in [2.24, 2.45) is 0 Å². The van der Waals surface area contributed by atoms with Gasteiger partial charge < -0.3 is 13.6 Å². The van der Waals surface area contributed by atoms with E-state index >= 15 is 0 Å². The summed E-state index contributed by atoms with van der Waals surface area (Å²) in [7, 11) is -0.353. The molecular weight excluding hydrogens is 236 g/mol. The van der Waals surface area contributed by atoms with Crippen LogP contribution in [0, 0.1) is 0 Å². The van der Waals surface area contributed by atoms with Crippen LogP contribution in [0.5, 0.6) is 0 Å². The maximum Gasteiger partial charge on any atom is 0.337 e. The van der Waals surface area contributed by atoms with E-state index in [4.69, 9.17) is 13.6 Å².